The molecule has 0 radical (unpaired) electrons. The van der Waals surface area contributed by atoms with E-state index in [0.29, 0.717) is 12.0 Å². The van der Waals surface area contributed by atoms with Gasteiger partial charge < -0.3 is 15.1 Å². The summed E-state index contributed by atoms with van der Waals surface area (Å²) in [7, 11) is 0. The molecule has 0 aromatic heterocycles. The van der Waals surface area contributed by atoms with Crippen LogP contribution in [0, 0.1) is 5.92 Å². The smallest absolute Gasteiger partial charge is 0.254 e. The van der Waals surface area contributed by atoms with Gasteiger partial charge in [-0.1, -0.05) is 38.3 Å². The molecule has 5 rings (SSSR count). The fourth-order valence-electron chi connectivity index (χ4n) is 6.59. The first-order chi connectivity index (χ1) is 17.8. The van der Waals surface area contributed by atoms with Crippen molar-refractivity contribution in [1.82, 2.24) is 14.7 Å². The number of carbonyl (C=O) groups excluding carboxylic acids is 2. The molecule has 1 saturated carbocycles. The Bertz CT molecular complexity index is 1110. The first kappa shape index (κ1) is 25.8. The molecule has 37 heavy (non-hydrogen) atoms. The predicted molar refractivity (Wildman–Crippen MR) is 150 cm³/mol. The zero-order valence-corrected chi connectivity index (χ0v) is 22.6. The summed E-state index contributed by atoms with van der Waals surface area (Å²) in [6, 6.07) is 6.77. The van der Waals surface area contributed by atoms with E-state index in [4.69, 9.17) is 0 Å². The molecule has 1 saturated heterocycles. The Labute approximate surface area is 222 Å². The quantitative estimate of drug-likeness (QED) is 0.564. The number of carbonyl (C=O) groups is 2. The van der Waals surface area contributed by atoms with Crippen LogP contribution in [0.1, 0.15) is 61.9 Å². The standard InChI is InChI=1S/C31H42N4O2/c1-5-24-9-14-33(20-25(24)6-2)18-22(3)19-35-21-31(12-13-31)29-8-7-27(17-28(29)30(35)37)32-26-10-15-34(16-11-26)23(4)36/h5-8,17,22,26,32H,1-2,9-16,18-21H2,3-4H3/t22-/m1/s1. The third-order valence-corrected chi connectivity index (χ3v) is 8.87. The molecular weight excluding hydrogens is 460 g/mol. The molecule has 6 nitrogen and oxygen atoms in total. The fraction of sp³-hybridized carbons (Fsp3) is 0.548. The summed E-state index contributed by atoms with van der Waals surface area (Å²) in [6.07, 6.45) is 9.15. The third kappa shape index (κ3) is 5.40. The van der Waals surface area contributed by atoms with Crippen molar-refractivity contribution >= 4 is 17.5 Å². The summed E-state index contributed by atoms with van der Waals surface area (Å²) in [6.45, 7) is 18.0. The molecule has 1 aliphatic carbocycles. The number of anilines is 1. The van der Waals surface area contributed by atoms with Gasteiger partial charge in [0.25, 0.3) is 5.91 Å². The molecule has 2 amide bonds. The Morgan fingerprint density at radius 3 is 2.51 bits per heavy atom. The van der Waals surface area contributed by atoms with Crippen molar-refractivity contribution in [3.05, 3.63) is 65.8 Å². The highest BCUT2D eigenvalue weighted by molar-refractivity contribution is 5.98. The van der Waals surface area contributed by atoms with Crippen molar-refractivity contribution in [2.24, 2.45) is 5.92 Å². The molecule has 1 spiro atoms. The molecule has 3 heterocycles. The van der Waals surface area contributed by atoms with E-state index in [-0.39, 0.29) is 17.2 Å². The molecule has 198 valence electrons. The lowest BCUT2D eigenvalue weighted by atomic mass is 9.85. The third-order valence-electron chi connectivity index (χ3n) is 8.87. The van der Waals surface area contributed by atoms with E-state index in [1.165, 1.54) is 29.6 Å². The summed E-state index contributed by atoms with van der Waals surface area (Å²) < 4.78 is 0. The van der Waals surface area contributed by atoms with Crippen LogP contribution < -0.4 is 5.32 Å². The Kier molecular flexibility index (Phi) is 7.30. The zero-order chi connectivity index (χ0) is 26.2. The van der Waals surface area contributed by atoms with Crippen molar-refractivity contribution in [2.45, 2.75) is 57.4 Å². The van der Waals surface area contributed by atoms with Crippen molar-refractivity contribution in [1.29, 1.82) is 0 Å². The maximum Gasteiger partial charge on any atom is 0.254 e. The molecule has 4 aliphatic rings. The van der Waals surface area contributed by atoms with Crippen molar-refractivity contribution < 1.29 is 9.59 Å². The monoisotopic (exact) mass is 502 g/mol. The van der Waals surface area contributed by atoms with Crippen LogP contribution in [-0.2, 0) is 10.2 Å². The van der Waals surface area contributed by atoms with E-state index in [1.54, 1.807) is 6.92 Å². The minimum atomic E-state index is 0.150. The lowest BCUT2D eigenvalue weighted by Crippen LogP contribution is -2.47. The van der Waals surface area contributed by atoms with Crippen molar-refractivity contribution in [2.75, 3.05) is 51.1 Å². The predicted octanol–water partition coefficient (Wildman–Crippen LogP) is 4.61. The second-order valence-corrected chi connectivity index (χ2v) is 11.7. The number of rotatable bonds is 8. The average molecular weight is 503 g/mol. The van der Waals surface area contributed by atoms with Crippen LogP contribution >= 0.6 is 0 Å². The Hall–Kier alpha value is -2.86. The van der Waals surface area contributed by atoms with Crippen molar-refractivity contribution in [3.8, 4) is 0 Å². The van der Waals surface area contributed by atoms with Gasteiger partial charge in [-0.2, -0.15) is 0 Å². The van der Waals surface area contributed by atoms with Crippen LogP contribution in [0.4, 0.5) is 5.69 Å². The maximum atomic E-state index is 13.7. The van der Waals surface area contributed by atoms with Gasteiger partial charge in [-0.25, -0.2) is 0 Å². The Morgan fingerprint density at radius 2 is 1.86 bits per heavy atom. The van der Waals surface area contributed by atoms with E-state index >= 15 is 0 Å². The van der Waals surface area contributed by atoms with E-state index in [2.05, 4.69) is 53.4 Å². The number of piperidine rings is 1. The molecule has 1 atom stereocenters. The molecule has 2 fully saturated rings. The Morgan fingerprint density at radius 1 is 1.14 bits per heavy atom. The van der Waals surface area contributed by atoms with Gasteiger partial charge in [0.2, 0.25) is 5.91 Å². The van der Waals surface area contributed by atoms with E-state index in [0.717, 1.165) is 76.3 Å². The molecule has 3 aliphatic heterocycles. The number of fused-ring (bicyclic) bond motifs is 2. The number of hydrogen-bond acceptors (Lipinski definition) is 4. The Balaban J connectivity index is 1.24. The molecule has 6 heteroatoms. The molecule has 1 aromatic rings. The molecule has 1 N–H and O–H groups in total. The largest absolute Gasteiger partial charge is 0.382 e. The SMILES string of the molecule is C=CC1=C(C=C)CN(C[C@@H](C)CN2CC3(CC3)c3ccc(NC4CCN(C(C)=O)CC4)cc3C2=O)CC1. The van der Waals surface area contributed by atoms with Gasteiger partial charge in [0.05, 0.1) is 0 Å². The lowest BCUT2D eigenvalue weighted by molar-refractivity contribution is -0.129. The maximum absolute atomic E-state index is 13.7. The van der Waals surface area contributed by atoms with Gasteiger partial charge in [0, 0.05) is 75.4 Å². The minimum Gasteiger partial charge on any atom is -0.382 e. The van der Waals surface area contributed by atoms with Gasteiger partial charge in [0.15, 0.2) is 0 Å². The van der Waals surface area contributed by atoms with Gasteiger partial charge >= 0.3 is 0 Å². The minimum absolute atomic E-state index is 0.150. The van der Waals surface area contributed by atoms with Crippen LogP contribution in [0.5, 0.6) is 0 Å². The number of hydrogen-bond donors (Lipinski definition) is 1. The molecular formula is C31H42N4O2. The van der Waals surface area contributed by atoms with E-state index in [1.807, 2.05) is 17.1 Å². The van der Waals surface area contributed by atoms with Gasteiger partial charge in [0.1, 0.15) is 0 Å². The second-order valence-electron chi connectivity index (χ2n) is 11.7. The van der Waals surface area contributed by atoms with Crippen molar-refractivity contribution in [3.63, 3.8) is 0 Å². The molecule has 0 unspecified atom stereocenters. The highest BCUT2D eigenvalue weighted by Crippen LogP contribution is 2.52. The van der Waals surface area contributed by atoms with Crippen LogP contribution in [-0.4, -0.2) is 78.4 Å². The summed E-state index contributed by atoms with van der Waals surface area (Å²) in [4.78, 5) is 31.9. The zero-order valence-electron chi connectivity index (χ0n) is 22.6. The van der Waals surface area contributed by atoms with Crippen LogP contribution in [0.25, 0.3) is 0 Å². The number of amides is 2. The van der Waals surface area contributed by atoms with Crippen LogP contribution in [0.2, 0.25) is 0 Å². The summed E-state index contributed by atoms with van der Waals surface area (Å²) >= 11 is 0. The first-order valence-electron chi connectivity index (χ1n) is 14.0. The lowest BCUT2D eigenvalue weighted by Gasteiger charge is -2.38. The normalized spacial score (nSPS) is 22.6. The summed E-state index contributed by atoms with van der Waals surface area (Å²) in [5.74, 6) is 0.723. The average Bonchev–Trinajstić information content (AvgIpc) is 3.67. The number of nitrogens with zero attached hydrogens (tertiary/aromatic N) is 3. The topological polar surface area (TPSA) is 55.9 Å². The highest BCUT2D eigenvalue weighted by atomic mass is 16.2. The number of likely N-dealkylation sites (tertiary alicyclic amines) is 1. The van der Waals surface area contributed by atoms with E-state index in [9.17, 15) is 9.59 Å². The van der Waals surface area contributed by atoms with Crippen LogP contribution in [0.3, 0.4) is 0 Å². The number of allylic oxidation sites excluding steroid dienone is 1. The molecule has 0 bridgehead atoms. The molecule has 1 aromatic carbocycles. The van der Waals surface area contributed by atoms with Gasteiger partial charge in [-0.3, -0.25) is 14.5 Å². The van der Waals surface area contributed by atoms with Crippen LogP contribution in [0.15, 0.2) is 54.7 Å². The first-order valence-corrected chi connectivity index (χ1v) is 14.0. The summed E-state index contributed by atoms with van der Waals surface area (Å²) in [5.41, 5.74) is 5.89. The highest BCUT2D eigenvalue weighted by Gasteiger charge is 2.51. The second kappa shape index (κ2) is 10.5. The summed E-state index contributed by atoms with van der Waals surface area (Å²) in [5, 5.41) is 3.65. The fourth-order valence-corrected chi connectivity index (χ4v) is 6.59. The number of benzene rings is 1. The van der Waals surface area contributed by atoms with E-state index < -0.39 is 0 Å². The number of nitrogens with one attached hydrogen (secondary N) is 1. The van der Waals surface area contributed by atoms with Gasteiger partial charge in [-0.05, 0) is 66.9 Å². The van der Waals surface area contributed by atoms with Gasteiger partial charge in [-0.15, -0.1) is 0 Å².